The quantitative estimate of drug-likeness (QED) is 0.478. The zero-order chi connectivity index (χ0) is 10.9. The molecule has 0 atom stereocenters. The number of rotatable bonds is 6. The zero-order valence-corrected chi connectivity index (χ0v) is 10.3. The second-order valence-corrected chi connectivity index (χ2v) is 4.63. The molecule has 15 heavy (non-hydrogen) atoms. The molecule has 0 aromatic rings. The summed E-state index contributed by atoms with van der Waals surface area (Å²) in [5.74, 6) is 0.956. The van der Waals surface area contributed by atoms with E-state index < -0.39 is 0 Å². The Kier molecular flexibility index (Phi) is 6.45. The Labute approximate surface area is 94.1 Å². The van der Waals surface area contributed by atoms with Gasteiger partial charge in [0.15, 0.2) is 0 Å². The van der Waals surface area contributed by atoms with Crippen LogP contribution in [-0.4, -0.2) is 12.8 Å². The van der Waals surface area contributed by atoms with Gasteiger partial charge in [-0.3, -0.25) is 0 Å². The number of nitrogens with zero attached hydrogens (tertiary/aromatic N) is 1. The van der Waals surface area contributed by atoms with Crippen molar-refractivity contribution in [3.63, 3.8) is 0 Å². The minimum Gasteiger partial charge on any atom is -0.399 e. The van der Waals surface area contributed by atoms with Crippen LogP contribution in [0.15, 0.2) is 5.16 Å². The van der Waals surface area contributed by atoms with Gasteiger partial charge in [0, 0.05) is 0 Å². The summed E-state index contributed by atoms with van der Waals surface area (Å²) in [6.07, 6.45) is 12.0. The second-order valence-electron chi connectivity index (χ2n) is 4.63. The maximum Gasteiger partial charge on any atom is 0.106 e. The topological polar surface area (TPSA) is 21.6 Å². The van der Waals surface area contributed by atoms with Gasteiger partial charge in [-0.2, -0.15) is 0 Å². The number of oxime groups is 1. The van der Waals surface area contributed by atoms with E-state index in [-0.39, 0.29) is 0 Å². The zero-order valence-electron chi connectivity index (χ0n) is 10.3. The molecule has 1 saturated carbocycles. The first-order chi connectivity index (χ1) is 7.36. The highest BCUT2D eigenvalue weighted by molar-refractivity contribution is 5.84. The second kappa shape index (κ2) is 7.72. The van der Waals surface area contributed by atoms with Gasteiger partial charge in [0.25, 0.3) is 0 Å². The lowest BCUT2D eigenvalue weighted by Crippen LogP contribution is -2.14. The molecular formula is C13H25NO. The van der Waals surface area contributed by atoms with Crippen LogP contribution in [0.1, 0.15) is 64.7 Å². The lowest BCUT2D eigenvalue weighted by Gasteiger charge is -2.22. The van der Waals surface area contributed by atoms with Gasteiger partial charge in [-0.15, -0.1) is 0 Å². The van der Waals surface area contributed by atoms with Crippen LogP contribution in [0.5, 0.6) is 0 Å². The average Bonchev–Trinajstić information content (AvgIpc) is 2.27. The highest BCUT2D eigenvalue weighted by Crippen LogP contribution is 2.27. The molecule has 0 N–H and O–H groups in total. The lowest BCUT2D eigenvalue weighted by atomic mass is 9.84. The van der Waals surface area contributed by atoms with Crippen molar-refractivity contribution in [2.24, 2.45) is 11.1 Å². The lowest BCUT2D eigenvalue weighted by molar-refractivity contribution is 0.209. The third-order valence-corrected chi connectivity index (χ3v) is 3.37. The van der Waals surface area contributed by atoms with Crippen LogP contribution in [0, 0.1) is 5.92 Å². The smallest absolute Gasteiger partial charge is 0.106 e. The van der Waals surface area contributed by atoms with Crippen molar-refractivity contribution in [1.82, 2.24) is 0 Å². The summed E-state index contributed by atoms with van der Waals surface area (Å²) in [6, 6.07) is 0. The first-order valence-electron chi connectivity index (χ1n) is 6.45. The fourth-order valence-electron chi connectivity index (χ4n) is 2.38. The van der Waals surface area contributed by atoms with Gasteiger partial charge in [0.1, 0.15) is 7.11 Å². The third kappa shape index (κ3) is 5.19. The van der Waals surface area contributed by atoms with Gasteiger partial charge in [-0.1, -0.05) is 44.2 Å². The van der Waals surface area contributed by atoms with Crippen molar-refractivity contribution in [1.29, 1.82) is 0 Å². The Hall–Kier alpha value is -0.530. The van der Waals surface area contributed by atoms with Crippen LogP contribution >= 0.6 is 0 Å². The molecule has 0 unspecified atom stereocenters. The number of hydrogen-bond acceptors (Lipinski definition) is 2. The van der Waals surface area contributed by atoms with Crippen LogP contribution < -0.4 is 0 Å². The average molecular weight is 211 g/mol. The molecule has 1 rings (SSSR count). The predicted molar refractivity (Wildman–Crippen MR) is 65.2 cm³/mol. The fourth-order valence-corrected chi connectivity index (χ4v) is 2.38. The maximum absolute atomic E-state index is 4.82. The molecule has 0 aliphatic heterocycles. The van der Waals surface area contributed by atoms with Crippen molar-refractivity contribution in [3.05, 3.63) is 0 Å². The Morgan fingerprint density at radius 1 is 1.20 bits per heavy atom. The van der Waals surface area contributed by atoms with Crippen LogP contribution in [0.25, 0.3) is 0 Å². The van der Waals surface area contributed by atoms with Crippen molar-refractivity contribution in [2.45, 2.75) is 64.7 Å². The Bertz CT molecular complexity index is 179. The molecule has 2 nitrogen and oxygen atoms in total. The molecule has 1 fully saturated rings. The number of hydrogen-bond donors (Lipinski definition) is 0. The molecule has 2 heteroatoms. The molecule has 88 valence electrons. The molecule has 0 heterocycles. The fraction of sp³-hybridized carbons (Fsp3) is 0.923. The maximum atomic E-state index is 4.82. The van der Waals surface area contributed by atoms with Gasteiger partial charge in [-0.25, -0.2) is 0 Å². The van der Waals surface area contributed by atoms with Crippen LogP contribution in [0.2, 0.25) is 0 Å². The van der Waals surface area contributed by atoms with Gasteiger partial charge >= 0.3 is 0 Å². The molecule has 0 saturated heterocycles. The molecule has 0 aromatic heterocycles. The summed E-state index contributed by atoms with van der Waals surface area (Å²) in [4.78, 5) is 4.82. The summed E-state index contributed by atoms with van der Waals surface area (Å²) in [7, 11) is 1.64. The first-order valence-corrected chi connectivity index (χ1v) is 6.45. The summed E-state index contributed by atoms with van der Waals surface area (Å²) in [5.41, 5.74) is 1.27. The summed E-state index contributed by atoms with van der Waals surface area (Å²) < 4.78 is 0. The van der Waals surface area contributed by atoms with E-state index in [1.165, 1.54) is 50.7 Å². The first kappa shape index (κ1) is 12.5. The SMILES string of the molecule is CCCCCCC1CCC(=NOC)CC1. The van der Waals surface area contributed by atoms with E-state index in [9.17, 15) is 0 Å². The largest absolute Gasteiger partial charge is 0.399 e. The van der Waals surface area contributed by atoms with E-state index in [4.69, 9.17) is 4.84 Å². The molecular weight excluding hydrogens is 186 g/mol. The molecule has 0 bridgehead atoms. The Balaban J connectivity index is 2.07. The van der Waals surface area contributed by atoms with Crippen LogP contribution in [0.3, 0.4) is 0 Å². The minimum absolute atomic E-state index is 0.956. The van der Waals surface area contributed by atoms with Crippen molar-refractivity contribution in [2.75, 3.05) is 7.11 Å². The van der Waals surface area contributed by atoms with Gasteiger partial charge in [0.05, 0.1) is 5.71 Å². The number of unbranched alkanes of at least 4 members (excludes halogenated alkanes) is 3. The van der Waals surface area contributed by atoms with Crippen LogP contribution in [-0.2, 0) is 4.84 Å². The van der Waals surface area contributed by atoms with Gasteiger partial charge in [-0.05, 0) is 31.6 Å². The minimum atomic E-state index is 0.956. The summed E-state index contributed by atoms with van der Waals surface area (Å²) in [6.45, 7) is 2.27. The van der Waals surface area contributed by atoms with Crippen molar-refractivity contribution < 1.29 is 4.84 Å². The molecule has 1 aliphatic rings. The third-order valence-electron chi connectivity index (χ3n) is 3.37. The van der Waals surface area contributed by atoms with Gasteiger partial charge in [0.2, 0.25) is 0 Å². The summed E-state index contributed by atoms with van der Waals surface area (Å²) in [5, 5.41) is 4.04. The van der Waals surface area contributed by atoms with E-state index in [1.54, 1.807) is 7.11 Å². The Morgan fingerprint density at radius 2 is 1.93 bits per heavy atom. The predicted octanol–water partition coefficient (Wildman–Crippen LogP) is 4.15. The molecule has 0 amide bonds. The highest BCUT2D eigenvalue weighted by atomic mass is 16.6. The van der Waals surface area contributed by atoms with Gasteiger partial charge < -0.3 is 4.84 Å². The molecule has 0 spiro atoms. The van der Waals surface area contributed by atoms with E-state index in [0.29, 0.717) is 0 Å². The van der Waals surface area contributed by atoms with E-state index >= 15 is 0 Å². The summed E-state index contributed by atoms with van der Waals surface area (Å²) >= 11 is 0. The van der Waals surface area contributed by atoms with E-state index in [0.717, 1.165) is 18.8 Å². The normalized spacial score (nSPS) is 21.5. The van der Waals surface area contributed by atoms with E-state index in [1.807, 2.05) is 0 Å². The van der Waals surface area contributed by atoms with Crippen molar-refractivity contribution >= 4 is 5.71 Å². The highest BCUT2D eigenvalue weighted by Gasteiger charge is 2.17. The standard InChI is InChI=1S/C13H25NO/c1-3-4-5-6-7-12-8-10-13(11-9-12)14-15-2/h12H,3-11H2,1-2H3. The van der Waals surface area contributed by atoms with Crippen molar-refractivity contribution in [3.8, 4) is 0 Å². The Morgan fingerprint density at radius 3 is 2.53 bits per heavy atom. The molecule has 0 aromatic carbocycles. The van der Waals surface area contributed by atoms with Crippen LogP contribution in [0.4, 0.5) is 0 Å². The monoisotopic (exact) mass is 211 g/mol. The molecule has 1 aliphatic carbocycles. The molecule has 0 radical (unpaired) electrons. The van der Waals surface area contributed by atoms with E-state index in [2.05, 4.69) is 12.1 Å².